The molecule has 0 saturated carbocycles. The van der Waals surface area contributed by atoms with Crippen LogP contribution in [0.1, 0.15) is 43.5 Å². The minimum absolute atomic E-state index is 0.0656. The third-order valence-corrected chi connectivity index (χ3v) is 5.71. The number of pyridine rings is 1. The summed E-state index contributed by atoms with van der Waals surface area (Å²) in [7, 11) is 0. The highest BCUT2D eigenvalue weighted by molar-refractivity contribution is 5.95. The number of aromatic nitrogens is 4. The number of hydrogen-bond donors (Lipinski definition) is 0. The Morgan fingerprint density at radius 3 is 2.59 bits per heavy atom. The van der Waals surface area contributed by atoms with Gasteiger partial charge in [0.05, 0.1) is 11.0 Å². The molecule has 4 heterocycles. The van der Waals surface area contributed by atoms with Crippen molar-refractivity contribution in [3.63, 3.8) is 0 Å². The van der Waals surface area contributed by atoms with Crippen molar-refractivity contribution in [3.8, 4) is 5.82 Å². The quantitative estimate of drug-likeness (QED) is 0.820. The number of carbonyl (C=O) groups is 2. The smallest absolute Gasteiger partial charge is 0.255 e. The van der Waals surface area contributed by atoms with Crippen LogP contribution in [-0.2, 0) is 4.79 Å². The predicted molar refractivity (Wildman–Crippen MR) is 98.2 cm³/mol. The van der Waals surface area contributed by atoms with Crippen molar-refractivity contribution in [2.75, 3.05) is 19.6 Å². The van der Waals surface area contributed by atoms with Crippen molar-refractivity contribution < 1.29 is 9.59 Å². The first-order chi connectivity index (χ1) is 13.0. The van der Waals surface area contributed by atoms with E-state index in [9.17, 15) is 9.59 Å². The van der Waals surface area contributed by atoms with Crippen LogP contribution in [-0.4, -0.2) is 67.0 Å². The van der Waals surface area contributed by atoms with Crippen molar-refractivity contribution in [2.24, 2.45) is 5.41 Å². The first kappa shape index (κ1) is 17.6. The van der Waals surface area contributed by atoms with Crippen LogP contribution in [0, 0.1) is 5.41 Å². The summed E-state index contributed by atoms with van der Waals surface area (Å²) >= 11 is 0. The minimum Gasteiger partial charge on any atom is -0.340 e. The van der Waals surface area contributed by atoms with Gasteiger partial charge in [0.15, 0.2) is 0 Å². The van der Waals surface area contributed by atoms with Crippen LogP contribution in [0.4, 0.5) is 0 Å². The molecule has 2 fully saturated rings. The molecule has 0 aliphatic carbocycles. The van der Waals surface area contributed by atoms with Gasteiger partial charge in [0.1, 0.15) is 18.5 Å². The molecule has 8 nitrogen and oxygen atoms in total. The van der Waals surface area contributed by atoms with E-state index in [1.54, 1.807) is 40.5 Å². The normalized spacial score (nSPS) is 22.9. The zero-order valence-corrected chi connectivity index (χ0v) is 15.7. The molecule has 2 aliphatic rings. The lowest BCUT2D eigenvalue weighted by Gasteiger charge is -2.41. The topological polar surface area (TPSA) is 84.2 Å². The molecule has 8 heteroatoms. The fraction of sp³-hybridized carbons (Fsp3) is 0.526. The van der Waals surface area contributed by atoms with Crippen LogP contribution in [0.15, 0.2) is 31.0 Å². The second kappa shape index (κ2) is 6.75. The Hall–Kier alpha value is -2.77. The van der Waals surface area contributed by atoms with Crippen molar-refractivity contribution in [3.05, 3.63) is 36.5 Å². The van der Waals surface area contributed by atoms with E-state index in [1.807, 2.05) is 4.90 Å². The summed E-state index contributed by atoms with van der Waals surface area (Å²) in [6, 6.07) is 3.74. The summed E-state index contributed by atoms with van der Waals surface area (Å²) in [5.74, 6) is 0.800. The van der Waals surface area contributed by atoms with Crippen molar-refractivity contribution in [1.82, 2.24) is 29.5 Å². The molecule has 2 aliphatic heterocycles. The standard InChI is InChI=1S/C19H24N6O2/c1-14(2)25-8-3-6-19(18(25)27)7-9-23(11-19)17(26)15-4-5-16(20-10-15)24-12-21-22-13-24/h4-5,10,12-14H,3,6-9,11H2,1-2H3/t19-/m1/s1. The molecular weight excluding hydrogens is 344 g/mol. The van der Waals surface area contributed by atoms with Gasteiger partial charge in [-0.05, 0) is 45.2 Å². The number of carbonyl (C=O) groups excluding carboxylic acids is 2. The highest BCUT2D eigenvalue weighted by Gasteiger charge is 2.49. The summed E-state index contributed by atoms with van der Waals surface area (Å²) in [5, 5.41) is 7.51. The molecule has 2 aromatic rings. The highest BCUT2D eigenvalue weighted by Crippen LogP contribution is 2.41. The Labute approximate surface area is 158 Å². The molecule has 0 aromatic carbocycles. The van der Waals surface area contributed by atoms with Gasteiger partial charge in [0.25, 0.3) is 5.91 Å². The van der Waals surface area contributed by atoms with Crippen LogP contribution < -0.4 is 0 Å². The van der Waals surface area contributed by atoms with Crippen LogP contribution >= 0.6 is 0 Å². The first-order valence-electron chi connectivity index (χ1n) is 9.42. The number of hydrogen-bond acceptors (Lipinski definition) is 5. The van der Waals surface area contributed by atoms with Gasteiger partial charge < -0.3 is 9.80 Å². The van der Waals surface area contributed by atoms with Crippen LogP contribution in [0.3, 0.4) is 0 Å². The van der Waals surface area contributed by atoms with E-state index < -0.39 is 5.41 Å². The molecular formula is C19H24N6O2. The molecule has 0 radical (unpaired) electrons. The minimum atomic E-state index is -0.409. The van der Waals surface area contributed by atoms with E-state index in [0.29, 0.717) is 24.5 Å². The zero-order chi connectivity index (χ0) is 19.0. The van der Waals surface area contributed by atoms with E-state index >= 15 is 0 Å². The second-order valence-corrected chi connectivity index (χ2v) is 7.73. The number of nitrogens with zero attached hydrogens (tertiary/aromatic N) is 6. The molecule has 142 valence electrons. The van der Waals surface area contributed by atoms with Crippen LogP contribution in [0.5, 0.6) is 0 Å². The van der Waals surface area contributed by atoms with Gasteiger partial charge in [-0.25, -0.2) is 4.98 Å². The first-order valence-corrected chi connectivity index (χ1v) is 9.42. The van der Waals surface area contributed by atoms with E-state index in [4.69, 9.17) is 0 Å². The maximum absolute atomic E-state index is 13.0. The summed E-state index contributed by atoms with van der Waals surface area (Å²) in [4.78, 5) is 34.1. The van der Waals surface area contributed by atoms with E-state index in [1.165, 1.54) is 0 Å². The second-order valence-electron chi connectivity index (χ2n) is 7.73. The lowest BCUT2D eigenvalue weighted by molar-refractivity contribution is -0.147. The molecule has 2 amide bonds. The van der Waals surface area contributed by atoms with Gasteiger partial charge in [-0.15, -0.1) is 10.2 Å². The molecule has 2 aromatic heterocycles. The molecule has 27 heavy (non-hydrogen) atoms. The largest absolute Gasteiger partial charge is 0.340 e. The number of rotatable bonds is 3. The van der Waals surface area contributed by atoms with Crippen molar-refractivity contribution >= 4 is 11.8 Å². The number of likely N-dealkylation sites (tertiary alicyclic amines) is 2. The Morgan fingerprint density at radius 1 is 1.15 bits per heavy atom. The van der Waals surface area contributed by atoms with Crippen molar-refractivity contribution in [1.29, 1.82) is 0 Å². The molecule has 2 saturated heterocycles. The Kier molecular flexibility index (Phi) is 4.41. The maximum Gasteiger partial charge on any atom is 0.255 e. The molecule has 1 atom stereocenters. The molecule has 0 unspecified atom stereocenters. The van der Waals surface area contributed by atoms with Gasteiger partial charge in [-0.1, -0.05) is 0 Å². The predicted octanol–water partition coefficient (Wildman–Crippen LogP) is 1.53. The summed E-state index contributed by atoms with van der Waals surface area (Å²) in [6.45, 7) is 6.04. The van der Waals surface area contributed by atoms with Crippen molar-refractivity contribution in [2.45, 2.75) is 39.2 Å². The highest BCUT2D eigenvalue weighted by atomic mass is 16.2. The van der Waals surface area contributed by atoms with Gasteiger partial charge in [-0.3, -0.25) is 14.2 Å². The summed E-state index contributed by atoms with van der Waals surface area (Å²) < 4.78 is 1.68. The van der Waals surface area contributed by atoms with Crippen LogP contribution in [0.2, 0.25) is 0 Å². The summed E-state index contributed by atoms with van der Waals surface area (Å²) in [5.41, 5.74) is 0.126. The average molecular weight is 368 g/mol. The average Bonchev–Trinajstić information content (AvgIpc) is 3.34. The fourth-order valence-corrected chi connectivity index (χ4v) is 4.18. The third-order valence-electron chi connectivity index (χ3n) is 5.71. The molecule has 4 rings (SSSR count). The summed E-state index contributed by atoms with van der Waals surface area (Å²) in [6.07, 6.45) is 7.30. The van der Waals surface area contributed by atoms with E-state index in [0.717, 1.165) is 25.8 Å². The zero-order valence-electron chi connectivity index (χ0n) is 15.7. The molecule has 0 bridgehead atoms. The monoisotopic (exact) mass is 368 g/mol. The maximum atomic E-state index is 13.0. The lowest BCUT2D eigenvalue weighted by atomic mass is 9.78. The van der Waals surface area contributed by atoms with E-state index in [-0.39, 0.29) is 17.9 Å². The Bertz CT molecular complexity index is 832. The van der Waals surface area contributed by atoms with Gasteiger partial charge >= 0.3 is 0 Å². The number of piperidine rings is 1. The molecule has 0 N–H and O–H groups in total. The number of amides is 2. The Balaban J connectivity index is 1.48. The Morgan fingerprint density at radius 2 is 1.93 bits per heavy atom. The SMILES string of the molecule is CC(C)N1CCC[C@]2(CCN(C(=O)c3ccc(-n4cnnc4)nc3)C2)C1=O. The molecule has 1 spiro atoms. The lowest BCUT2D eigenvalue weighted by Crippen LogP contribution is -2.52. The van der Waals surface area contributed by atoms with E-state index in [2.05, 4.69) is 29.0 Å². The van der Waals surface area contributed by atoms with Crippen LogP contribution in [0.25, 0.3) is 5.82 Å². The fourth-order valence-electron chi connectivity index (χ4n) is 4.18. The third kappa shape index (κ3) is 3.09. The van der Waals surface area contributed by atoms with Gasteiger partial charge in [0, 0.05) is 31.9 Å². The van der Waals surface area contributed by atoms with Gasteiger partial charge in [0.2, 0.25) is 5.91 Å². The van der Waals surface area contributed by atoms with Gasteiger partial charge in [-0.2, -0.15) is 0 Å².